The van der Waals surface area contributed by atoms with Gasteiger partial charge in [0, 0.05) is 0 Å². The Balaban J connectivity index is 4.79. The molecule has 14 heavy (non-hydrogen) atoms. The Bertz CT molecular complexity index is 231. The number of ether oxygens (including phenoxy) is 1. The van der Waals surface area contributed by atoms with Gasteiger partial charge >= 0.3 is 5.97 Å². The van der Waals surface area contributed by atoms with E-state index < -0.39 is 30.5 Å². The zero-order valence-electron chi connectivity index (χ0n) is 7.30. The lowest BCUT2D eigenvalue weighted by Crippen LogP contribution is -2.49. The second-order valence-electron chi connectivity index (χ2n) is 2.34. The zero-order chi connectivity index (χ0) is 11.4. The molecule has 82 valence electrons. The van der Waals surface area contributed by atoms with Crippen molar-refractivity contribution >= 4 is 11.8 Å². The molecule has 7 heteroatoms. The van der Waals surface area contributed by atoms with Crippen LogP contribution in [-0.2, 0) is 14.3 Å². The fraction of sp³-hybridized carbons (Fsp3) is 0.714. The fourth-order valence-electron chi connectivity index (χ4n) is 0.661. The van der Waals surface area contributed by atoms with Gasteiger partial charge in [-0.3, -0.25) is 4.79 Å². The number of halogens is 3. The van der Waals surface area contributed by atoms with Gasteiger partial charge in [0.1, 0.15) is 0 Å². The number of aliphatic hydroxyl groups is 1. The van der Waals surface area contributed by atoms with Gasteiger partial charge in [-0.15, -0.1) is 0 Å². The number of alkyl halides is 3. The van der Waals surface area contributed by atoms with Crippen LogP contribution in [-0.4, -0.2) is 42.2 Å². The van der Waals surface area contributed by atoms with E-state index in [1.54, 1.807) is 0 Å². The van der Waals surface area contributed by atoms with Crippen LogP contribution in [0.15, 0.2) is 0 Å². The van der Waals surface area contributed by atoms with Crippen molar-refractivity contribution in [2.24, 2.45) is 0 Å². The summed E-state index contributed by atoms with van der Waals surface area (Å²) in [6.07, 6.45) is -3.67. The molecule has 0 bridgehead atoms. The van der Waals surface area contributed by atoms with Crippen molar-refractivity contribution in [2.75, 3.05) is 13.2 Å². The van der Waals surface area contributed by atoms with Crippen molar-refractivity contribution in [3.05, 3.63) is 0 Å². The summed E-state index contributed by atoms with van der Waals surface area (Å²) in [5.41, 5.74) is -3.66. The largest absolute Gasteiger partial charge is 0.463 e. The van der Waals surface area contributed by atoms with Crippen LogP contribution in [0.25, 0.3) is 0 Å². The predicted molar refractivity (Wildman–Crippen MR) is 38.6 cm³/mol. The Morgan fingerprint density at radius 1 is 1.50 bits per heavy atom. The third-order valence-corrected chi connectivity index (χ3v) is 1.41. The van der Waals surface area contributed by atoms with E-state index in [4.69, 9.17) is 5.11 Å². The average molecular weight is 214 g/mol. The molecule has 4 nitrogen and oxygen atoms in total. The van der Waals surface area contributed by atoms with Gasteiger partial charge in [0.25, 0.3) is 12.1 Å². The van der Waals surface area contributed by atoms with E-state index >= 15 is 0 Å². The first kappa shape index (κ1) is 12.9. The molecular weight excluding hydrogens is 205 g/mol. The van der Waals surface area contributed by atoms with Crippen molar-refractivity contribution in [3.8, 4) is 0 Å². The van der Waals surface area contributed by atoms with Crippen LogP contribution in [0.2, 0.25) is 0 Å². The number of ketones is 1. The first-order valence-electron chi connectivity index (χ1n) is 3.69. The molecule has 0 rings (SSSR count). The molecule has 0 saturated carbocycles. The molecule has 0 radical (unpaired) electrons. The lowest BCUT2D eigenvalue weighted by molar-refractivity contribution is -0.169. The van der Waals surface area contributed by atoms with Gasteiger partial charge in [0.05, 0.1) is 13.2 Å². The van der Waals surface area contributed by atoms with Crippen molar-refractivity contribution < 1.29 is 32.6 Å². The van der Waals surface area contributed by atoms with Crippen molar-refractivity contribution in [3.63, 3.8) is 0 Å². The van der Waals surface area contributed by atoms with Crippen LogP contribution in [0.3, 0.4) is 0 Å². The summed E-state index contributed by atoms with van der Waals surface area (Å²) in [4.78, 5) is 21.3. The summed E-state index contributed by atoms with van der Waals surface area (Å²) in [6.45, 7) is -0.626. The number of hydrogen-bond donors (Lipinski definition) is 1. The van der Waals surface area contributed by atoms with Gasteiger partial charge in [-0.25, -0.2) is 18.0 Å². The first-order valence-corrected chi connectivity index (χ1v) is 3.69. The average Bonchev–Trinajstić information content (AvgIpc) is 2.15. The molecule has 1 N–H and O–H groups in total. The SMILES string of the molecule is CCOC(=O)C(F)(CO)C(=O)C(F)F. The van der Waals surface area contributed by atoms with E-state index in [1.165, 1.54) is 6.92 Å². The number of rotatable bonds is 5. The summed E-state index contributed by atoms with van der Waals surface area (Å²) >= 11 is 0. The number of Topliss-reactive ketones (excluding diaryl/α,β-unsaturated/α-hetero) is 1. The second kappa shape index (κ2) is 4.94. The summed E-state index contributed by atoms with van der Waals surface area (Å²) < 4.78 is 40.8. The molecule has 0 aliphatic carbocycles. The minimum Gasteiger partial charge on any atom is -0.463 e. The van der Waals surface area contributed by atoms with Crippen LogP contribution in [0, 0.1) is 0 Å². The topological polar surface area (TPSA) is 63.6 Å². The molecule has 0 aliphatic heterocycles. The van der Waals surface area contributed by atoms with E-state index in [1.807, 2.05) is 0 Å². The van der Waals surface area contributed by atoms with Crippen molar-refractivity contribution in [2.45, 2.75) is 19.0 Å². The van der Waals surface area contributed by atoms with Crippen molar-refractivity contribution in [1.82, 2.24) is 0 Å². The molecule has 0 amide bonds. The molecule has 0 aliphatic rings. The maximum Gasteiger partial charge on any atom is 0.354 e. The summed E-state index contributed by atoms with van der Waals surface area (Å²) in [5, 5.41) is 8.37. The summed E-state index contributed by atoms with van der Waals surface area (Å²) in [7, 11) is 0. The lowest BCUT2D eigenvalue weighted by atomic mass is 10.0. The number of carbonyl (C=O) groups is 2. The molecule has 0 aromatic carbocycles. The highest BCUT2D eigenvalue weighted by atomic mass is 19.3. The quantitative estimate of drug-likeness (QED) is 0.520. The normalized spacial score (nSPS) is 15.0. The second-order valence-corrected chi connectivity index (χ2v) is 2.34. The Morgan fingerprint density at radius 3 is 2.29 bits per heavy atom. The van der Waals surface area contributed by atoms with Gasteiger partial charge in [0.2, 0.25) is 5.78 Å². The minimum atomic E-state index is -3.67. The maximum atomic E-state index is 13.2. The maximum absolute atomic E-state index is 13.2. The third-order valence-electron chi connectivity index (χ3n) is 1.41. The number of aliphatic hydroxyl groups excluding tert-OH is 1. The summed E-state index contributed by atoms with van der Waals surface area (Å²) in [6, 6.07) is 0. The first-order chi connectivity index (χ1) is 6.40. The van der Waals surface area contributed by atoms with E-state index in [0.29, 0.717) is 0 Å². The number of hydrogen-bond acceptors (Lipinski definition) is 4. The smallest absolute Gasteiger partial charge is 0.354 e. The van der Waals surface area contributed by atoms with E-state index in [-0.39, 0.29) is 6.61 Å². The highest BCUT2D eigenvalue weighted by Gasteiger charge is 2.51. The molecular formula is C7H9F3O4. The van der Waals surface area contributed by atoms with Crippen LogP contribution < -0.4 is 0 Å². The minimum absolute atomic E-state index is 0.277. The van der Waals surface area contributed by atoms with Gasteiger partial charge < -0.3 is 9.84 Å². The highest BCUT2D eigenvalue weighted by molar-refractivity contribution is 6.08. The van der Waals surface area contributed by atoms with Crippen LogP contribution in [0.1, 0.15) is 6.92 Å². The van der Waals surface area contributed by atoms with E-state index in [0.717, 1.165) is 0 Å². The third kappa shape index (κ3) is 2.44. The molecule has 0 spiro atoms. The Morgan fingerprint density at radius 2 is 2.00 bits per heavy atom. The predicted octanol–water partition coefficient (Wildman–Crippen LogP) is 0.0843. The Kier molecular flexibility index (Phi) is 4.55. The highest BCUT2D eigenvalue weighted by Crippen LogP contribution is 2.18. The van der Waals surface area contributed by atoms with Crippen LogP contribution in [0.5, 0.6) is 0 Å². The molecule has 0 aromatic rings. The molecule has 0 saturated heterocycles. The number of esters is 1. The van der Waals surface area contributed by atoms with E-state index in [9.17, 15) is 22.8 Å². The monoisotopic (exact) mass is 214 g/mol. The fourth-order valence-corrected chi connectivity index (χ4v) is 0.661. The molecule has 1 unspecified atom stereocenters. The van der Waals surface area contributed by atoms with Crippen LogP contribution >= 0.6 is 0 Å². The molecule has 0 heterocycles. The van der Waals surface area contributed by atoms with Gasteiger partial charge in [-0.2, -0.15) is 0 Å². The lowest BCUT2D eigenvalue weighted by Gasteiger charge is -2.18. The molecule has 0 fully saturated rings. The van der Waals surface area contributed by atoms with Crippen molar-refractivity contribution in [1.29, 1.82) is 0 Å². The Hall–Kier alpha value is -1.11. The van der Waals surface area contributed by atoms with Crippen LogP contribution in [0.4, 0.5) is 13.2 Å². The molecule has 0 aromatic heterocycles. The van der Waals surface area contributed by atoms with Gasteiger partial charge in [-0.05, 0) is 6.92 Å². The Labute approximate surface area is 77.7 Å². The number of carbonyl (C=O) groups excluding carboxylic acids is 2. The zero-order valence-corrected chi connectivity index (χ0v) is 7.30. The summed E-state index contributed by atoms with van der Waals surface area (Å²) in [5.74, 6) is -4.09. The van der Waals surface area contributed by atoms with Gasteiger partial charge in [0.15, 0.2) is 0 Å². The van der Waals surface area contributed by atoms with Gasteiger partial charge in [-0.1, -0.05) is 0 Å². The molecule has 1 atom stereocenters. The standard InChI is InChI=1S/C7H9F3O4/c1-2-14-6(13)7(10,3-11)4(12)5(8)9/h5,11H,2-3H2,1H3. The van der Waals surface area contributed by atoms with E-state index in [2.05, 4.69) is 4.74 Å².